The second kappa shape index (κ2) is 10.9. The minimum atomic E-state index is -0.486. The molecule has 0 saturated heterocycles. The van der Waals surface area contributed by atoms with Gasteiger partial charge in [-0.2, -0.15) is 9.36 Å². The number of rotatable bonds is 9. The molecule has 0 unspecified atom stereocenters. The summed E-state index contributed by atoms with van der Waals surface area (Å²) in [5.74, 6) is 0.269. The fourth-order valence-corrected chi connectivity index (χ4v) is 4.72. The normalized spacial score (nSPS) is 10.8. The van der Waals surface area contributed by atoms with E-state index >= 15 is 0 Å². The van der Waals surface area contributed by atoms with E-state index in [4.69, 9.17) is 4.74 Å². The minimum Gasteiger partial charge on any atom is -0.460 e. The third-order valence-corrected chi connectivity index (χ3v) is 6.50. The number of esters is 1. The molecule has 0 atom stereocenters. The van der Waals surface area contributed by atoms with E-state index in [9.17, 15) is 4.79 Å². The molecule has 0 spiro atoms. The molecule has 4 aromatic rings. The third kappa shape index (κ3) is 5.61. The molecule has 0 amide bonds. The summed E-state index contributed by atoms with van der Waals surface area (Å²) < 4.78 is 10.8. The fourth-order valence-electron chi connectivity index (χ4n) is 3.41. The van der Waals surface area contributed by atoms with Crippen molar-refractivity contribution in [3.63, 3.8) is 0 Å². The van der Waals surface area contributed by atoms with Crippen molar-refractivity contribution < 1.29 is 9.53 Å². The molecule has 0 N–H and O–H groups in total. The summed E-state index contributed by atoms with van der Waals surface area (Å²) in [5, 5.41) is 13.4. The molecule has 0 saturated carbocycles. The Kier molecular flexibility index (Phi) is 7.75. The molecular weight excluding hydrogens is 631 g/mol. The minimum absolute atomic E-state index is 0.116. The summed E-state index contributed by atoms with van der Waals surface area (Å²) in [6.45, 7) is 5.66. The van der Waals surface area contributed by atoms with E-state index in [2.05, 4.69) is 66.9 Å². The first-order valence-corrected chi connectivity index (χ1v) is 13.4. The van der Waals surface area contributed by atoms with E-state index in [1.54, 1.807) is 9.53 Å². The van der Waals surface area contributed by atoms with Gasteiger partial charge in [0.1, 0.15) is 0 Å². The summed E-state index contributed by atoms with van der Waals surface area (Å²) in [5.41, 5.74) is 4.26. The van der Waals surface area contributed by atoms with E-state index in [1.807, 2.05) is 18.2 Å². The van der Waals surface area contributed by atoms with E-state index in [-0.39, 0.29) is 5.82 Å². The van der Waals surface area contributed by atoms with Gasteiger partial charge in [-0.25, -0.2) is 4.79 Å². The second-order valence-corrected chi connectivity index (χ2v) is 9.74. The molecule has 2 heterocycles. The van der Waals surface area contributed by atoms with Crippen LogP contribution in [-0.4, -0.2) is 72.6 Å². The number of aromatic nitrogens is 6. The number of benzene rings is 2. The van der Waals surface area contributed by atoms with Crippen molar-refractivity contribution in [1.29, 1.82) is 0 Å². The molecular formula is C22H22N7O2STl. The third-order valence-electron chi connectivity index (χ3n) is 4.87. The van der Waals surface area contributed by atoms with Crippen LogP contribution in [0.4, 0.5) is 5.13 Å². The van der Waals surface area contributed by atoms with Gasteiger partial charge in [0, 0.05) is 11.5 Å². The Morgan fingerprint density at radius 3 is 2.55 bits per heavy atom. The summed E-state index contributed by atoms with van der Waals surface area (Å²) in [4.78, 5) is 18.5. The van der Waals surface area contributed by atoms with Crippen molar-refractivity contribution in [2.75, 3.05) is 18.1 Å². The van der Waals surface area contributed by atoms with Crippen LogP contribution in [0.3, 0.4) is 0 Å². The Balaban J connectivity index is 1.54. The fraction of sp³-hybridized carbons (Fsp3) is 0.273. The van der Waals surface area contributed by atoms with Gasteiger partial charge in [0.25, 0.3) is 5.82 Å². The summed E-state index contributed by atoms with van der Waals surface area (Å²) in [6.07, 6.45) is 0.953. The first-order valence-electron chi connectivity index (χ1n) is 10.6. The Morgan fingerprint density at radius 1 is 1.12 bits per heavy atom. The summed E-state index contributed by atoms with van der Waals surface area (Å²) in [7, 11) is 0. The number of hydrogen-bond acceptors (Lipinski definition) is 9. The zero-order valence-electron chi connectivity index (χ0n) is 18.4. The van der Waals surface area contributed by atoms with Gasteiger partial charge in [-0.15, -0.1) is 0 Å². The summed E-state index contributed by atoms with van der Waals surface area (Å²) >= 11 is 1.70. The Morgan fingerprint density at radius 2 is 1.88 bits per heavy atom. The SMILES string of the molecule is CCCN(Cc1ccc(-c2ccccc2-c2nn[n]([Tl])n2)cc1)c1nc(C(=O)OCC)ns1. The van der Waals surface area contributed by atoms with Crippen LogP contribution in [0.15, 0.2) is 48.5 Å². The van der Waals surface area contributed by atoms with Crippen molar-refractivity contribution in [3.8, 4) is 22.5 Å². The van der Waals surface area contributed by atoms with Crippen molar-refractivity contribution in [3.05, 3.63) is 59.9 Å². The van der Waals surface area contributed by atoms with Crippen LogP contribution in [-0.2, 0) is 11.3 Å². The van der Waals surface area contributed by atoms with Crippen LogP contribution < -0.4 is 4.90 Å². The van der Waals surface area contributed by atoms with Gasteiger partial charge in [0.05, 0.1) is 6.61 Å². The van der Waals surface area contributed by atoms with Crippen molar-refractivity contribution in [2.45, 2.75) is 26.8 Å². The Labute approximate surface area is 212 Å². The van der Waals surface area contributed by atoms with E-state index < -0.39 is 5.97 Å². The topological polar surface area (TPSA) is 98.9 Å². The molecule has 0 fully saturated rings. The molecule has 0 aliphatic carbocycles. The van der Waals surface area contributed by atoms with Gasteiger partial charge in [-0.1, -0.05) is 6.92 Å². The molecule has 0 aliphatic heterocycles. The standard InChI is InChI=1S/C22H22N7O2S.Tl/c1-3-13-29(22-23-20(26-32-22)21(30)31-4-2)14-15-9-11-16(12-10-15)17-7-5-6-8-18(17)19-24-27-28-25-19;/h5-12H,3-4,13-14H2,1-2H3;/q-1;+1. The quantitative estimate of drug-likeness (QED) is 0.201. The zero-order chi connectivity index (χ0) is 23.2. The first-order chi connectivity index (χ1) is 16.1. The Bertz CT molecular complexity index is 1230. The number of carbonyl (C=O) groups excluding carboxylic acids is 1. The zero-order valence-corrected chi connectivity index (χ0v) is 23.7. The van der Waals surface area contributed by atoms with Gasteiger partial charge in [-0.3, -0.25) is 0 Å². The van der Waals surface area contributed by atoms with Crippen LogP contribution in [0, 0.1) is 0 Å². The maximum absolute atomic E-state index is 11.9. The van der Waals surface area contributed by atoms with Crippen LogP contribution in [0.1, 0.15) is 36.5 Å². The predicted octanol–water partition coefficient (Wildman–Crippen LogP) is 3.38. The van der Waals surface area contributed by atoms with E-state index in [0.717, 1.165) is 35.2 Å². The molecule has 2 aromatic heterocycles. The number of hydrogen-bond donors (Lipinski definition) is 0. The van der Waals surface area contributed by atoms with Crippen LogP contribution in [0.2, 0.25) is 0 Å². The average molecular weight is 653 g/mol. The van der Waals surface area contributed by atoms with Crippen LogP contribution in [0.25, 0.3) is 22.5 Å². The smallest absolute Gasteiger partial charge is 0.460 e. The monoisotopic (exact) mass is 653 g/mol. The first kappa shape index (κ1) is 23.4. The van der Waals surface area contributed by atoms with Crippen LogP contribution in [0.5, 0.6) is 0 Å². The molecule has 166 valence electrons. The van der Waals surface area contributed by atoms with Gasteiger partial charge in [-0.05, 0) is 13.3 Å². The van der Waals surface area contributed by atoms with Crippen molar-refractivity contribution in [1.82, 2.24) is 27.4 Å². The molecule has 9 nitrogen and oxygen atoms in total. The predicted molar refractivity (Wildman–Crippen MR) is 127 cm³/mol. The molecule has 11 heteroatoms. The number of carbonyl (C=O) groups is 1. The van der Waals surface area contributed by atoms with Crippen molar-refractivity contribution >= 4 is 48.7 Å². The maximum atomic E-state index is 11.9. The van der Waals surface area contributed by atoms with E-state index in [0.29, 0.717) is 50.2 Å². The van der Waals surface area contributed by atoms with Gasteiger partial charge in [0.2, 0.25) is 0 Å². The van der Waals surface area contributed by atoms with Gasteiger partial charge in [0.15, 0.2) is 0 Å². The van der Waals surface area contributed by atoms with Gasteiger partial charge >= 0.3 is 150 Å². The molecule has 0 radical (unpaired) electrons. The van der Waals surface area contributed by atoms with E-state index in [1.165, 1.54) is 11.5 Å². The van der Waals surface area contributed by atoms with Gasteiger partial charge < -0.3 is 4.74 Å². The molecule has 0 aliphatic rings. The van der Waals surface area contributed by atoms with Crippen LogP contribution >= 0.6 is 11.5 Å². The molecule has 2 aromatic carbocycles. The molecule has 0 bridgehead atoms. The molecule has 33 heavy (non-hydrogen) atoms. The molecule has 4 rings (SSSR count). The Hall–Kier alpha value is -2.74. The second-order valence-electron chi connectivity index (χ2n) is 7.22. The number of anilines is 1. The average Bonchev–Trinajstić information content (AvgIpc) is 3.49. The summed E-state index contributed by atoms with van der Waals surface area (Å²) in [6, 6.07) is 16.5. The number of ether oxygens (including phenoxy) is 1. The van der Waals surface area contributed by atoms with Crippen molar-refractivity contribution in [2.24, 2.45) is 0 Å². The number of tetrazole rings is 1. The number of nitrogens with zero attached hydrogens (tertiary/aromatic N) is 7.